The standard InChI is InChI=1S/C19H13ClN2O/c1-12-10-16(17(11-21)19(23)22-12)14-8-6-13(7-9-14)15-4-2-3-5-18(15)20/h2-10H,1H3,(H,22,23). The Morgan fingerprint density at radius 1 is 1.00 bits per heavy atom. The molecule has 0 unspecified atom stereocenters. The van der Waals surface area contributed by atoms with Crippen LogP contribution in [0.1, 0.15) is 11.3 Å². The smallest absolute Gasteiger partial charge is 0.266 e. The zero-order valence-corrected chi connectivity index (χ0v) is 13.2. The molecule has 0 saturated carbocycles. The van der Waals surface area contributed by atoms with Crippen LogP contribution in [0.3, 0.4) is 0 Å². The highest BCUT2D eigenvalue weighted by atomic mass is 35.5. The van der Waals surface area contributed by atoms with Crippen molar-refractivity contribution in [3.05, 3.63) is 81.2 Å². The Balaban J connectivity index is 2.10. The highest BCUT2D eigenvalue weighted by Gasteiger charge is 2.10. The molecule has 0 saturated heterocycles. The number of hydrogen-bond acceptors (Lipinski definition) is 2. The first kappa shape index (κ1) is 15.1. The summed E-state index contributed by atoms with van der Waals surface area (Å²) in [7, 11) is 0. The lowest BCUT2D eigenvalue weighted by Gasteiger charge is -2.08. The summed E-state index contributed by atoms with van der Waals surface area (Å²) in [5, 5.41) is 9.92. The van der Waals surface area contributed by atoms with E-state index in [0.717, 1.165) is 22.4 Å². The molecule has 0 bridgehead atoms. The van der Waals surface area contributed by atoms with E-state index in [0.29, 0.717) is 10.6 Å². The minimum Gasteiger partial charge on any atom is -0.325 e. The summed E-state index contributed by atoms with van der Waals surface area (Å²) in [5.41, 5.74) is 3.88. The van der Waals surface area contributed by atoms with Crippen molar-refractivity contribution in [1.82, 2.24) is 4.98 Å². The number of pyridine rings is 1. The third kappa shape index (κ3) is 2.90. The minimum absolute atomic E-state index is 0.126. The average molecular weight is 321 g/mol. The second kappa shape index (κ2) is 6.12. The Morgan fingerprint density at radius 3 is 2.22 bits per heavy atom. The Morgan fingerprint density at radius 2 is 1.61 bits per heavy atom. The van der Waals surface area contributed by atoms with E-state index in [4.69, 9.17) is 11.6 Å². The van der Waals surface area contributed by atoms with Gasteiger partial charge in [-0.25, -0.2) is 0 Å². The number of nitriles is 1. The molecule has 23 heavy (non-hydrogen) atoms. The maximum absolute atomic E-state index is 11.9. The average Bonchev–Trinajstić information content (AvgIpc) is 2.55. The van der Waals surface area contributed by atoms with Gasteiger partial charge in [-0.05, 0) is 30.2 Å². The topological polar surface area (TPSA) is 56.6 Å². The van der Waals surface area contributed by atoms with Crippen LogP contribution in [-0.4, -0.2) is 4.98 Å². The summed E-state index contributed by atoms with van der Waals surface area (Å²) in [6, 6.07) is 19.1. The molecule has 1 aromatic heterocycles. The number of halogens is 1. The Kier molecular flexibility index (Phi) is 4.01. The molecule has 3 rings (SSSR count). The predicted octanol–water partition coefficient (Wildman–Crippen LogP) is 4.54. The molecule has 1 heterocycles. The first-order chi connectivity index (χ1) is 11.1. The molecule has 0 amide bonds. The van der Waals surface area contributed by atoms with E-state index in [1.165, 1.54) is 0 Å². The van der Waals surface area contributed by atoms with E-state index >= 15 is 0 Å². The summed E-state index contributed by atoms with van der Waals surface area (Å²) in [6.07, 6.45) is 0. The maximum Gasteiger partial charge on any atom is 0.266 e. The molecule has 112 valence electrons. The van der Waals surface area contributed by atoms with Crippen LogP contribution in [0.2, 0.25) is 5.02 Å². The Bertz CT molecular complexity index is 966. The van der Waals surface area contributed by atoms with Crippen LogP contribution in [-0.2, 0) is 0 Å². The molecular formula is C19H13ClN2O. The van der Waals surface area contributed by atoms with E-state index in [1.807, 2.05) is 60.7 Å². The molecule has 0 aliphatic rings. The third-order valence-electron chi connectivity index (χ3n) is 3.66. The quantitative estimate of drug-likeness (QED) is 0.753. The number of aromatic amines is 1. The summed E-state index contributed by atoms with van der Waals surface area (Å²) >= 11 is 6.22. The van der Waals surface area contributed by atoms with Crippen LogP contribution in [0, 0.1) is 18.3 Å². The van der Waals surface area contributed by atoms with Crippen molar-refractivity contribution in [3.8, 4) is 28.3 Å². The zero-order valence-electron chi connectivity index (χ0n) is 12.4. The van der Waals surface area contributed by atoms with Crippen molar-refractivity contribution in [2.75, 3.05) is 0 Å². The molecule has 4 heteroatoms. The number of aryl methyl sites for hydroxylation is 1. The number of H-pyrrole nitrogens is 1. The summed E-state index contributed by atoms with van der Waals surface area (Å²) in [4.78, 5) is 14.6. The van der Waals surface area contributed by atoms with Gasteiger partial charge in [0.1, 0.15) is 11.6 Å². The zero-order chi connectivity index (χ0) is 16.4. The van der Waals surface area contributed by atoms with Crippen molar-refractivity contribution < 1.29 is 0 Å². The van der Waals surface area contributed by atoms with Crippen molar-refractivity contribution >= 4 is 11.6 Å². The molecule has 2 aromatic carbocycles. The van der Waals surface area contributed by atoms with Gasteiger partial charge in [0, 0.05) is 21.8 Å². The summed E-state index contributed by atoms with van der Waals surface area (Å²) in [5.74, 6) is 0. The van der Waals surface area contributed by atoms with E-state index < -0.39 is 0 Å². The van der Waals surface area contributed by atoms with Gasteiger partial charge in [-0.1, -0.05) is 54.1 Å². The fraction of sp³-hybridized carbons (Fsp3) is 0.0526. The van der Waals surface area contributed by atoms with Crippen molar-refractivity contribution in [1.29, 1.82) is 5.26 Å². The number of hydrogen-bond donors (Lipinski definition) is 1. The van der Waals surface area contributed by atoms with Crippen molar-refractivity contribution in [3.63, 3.8) is 0 Å². The number of aromatic nitrogens is 1. The van der Waals surface area contributed by atoms with Gasteiger partial charge in [0.05, 0.1) is 0 Å². The van der Waals surface area contributed by atoms with E-state index in [2.05, 4.69) is 4.98 Å². The first-order valence-corrected chi connectivity index (χ1v) is 7.47. The van der Waals surface area contributed by atoms with Gasteiger partial charge >= 0.3 is 0 Å². The van der Waals surface area contributed by atoms with Crippen LogP contribution in [0.15, 0.2) is 59.4 Å². The minimum atomic E-state index is -0.363. The Hall–Kier alpha value is -2.83. The second-order valence-corrected chi connectivity index (χ2v) is 5.65. The van der Waals surface area contributed by atoms with Crippen LogP contribution in [0.5, 0.6) is 0 Å². The van der Waals surface area contributed by atoms with Crippen LogP contribution >= 0.6 is 11.6 Å². The largest absolute Gasteiger partial charge is 0.325 e. The molecule has 0 spiro atoms. The molecule has 0 fully saturated rings. The monoisotopic (exact) mass is 320 g/mol. The van der Waals surface area contributed by atoms with Gasteiger partial charge < -0.3 is 4.98 Å². The predicted molar refractivity (Wildman–Crippen MR) is 92.4 cm³/mol. The van der Waals surface area contributed by atoms with Gasteiger partial charge in [0.15, 0.2) is 0 Å². The Labute approximate surface area is 138 Å². The lowest BCUT2D eigenvalue weighted by atomic mass is 9.98. The van der Waals surface area contributed by atoms with E-state index in [9.17, 15) is 10.1 Å². The third-order valence-corrected chi connectivity index (χ3v) is 3.99. The fourth-order valence-electron chi connectivity index (χ4n) is 2.55. The van der Waals surface area contributed by atoms with Crippen LogP contribution < -0.4 is 5.56 Å². The highest BCUT2D eigenvalue weighted by Crippen LogP contribution is 2.30. The van der Waals surface area contributed by atoms with Crippen molar-refractivity contribution in [2.24, 2.45) is 0 Å². The second-order valence-electron chi connectivity index (χ2n) is 5.24. The van der Waals surface area contributed by atoms with E-state index in [-0.39, 0.29) is 11.1 Å². The van der Waals surface area contributed by atoms with Gasteiger partial charge in [0.2, 0.25) is 0 Å². The first-order valence-electron chi connectivity index (χ1n) is 7.09. The normalized spacial score (nSPS) is 10.3. The van der Waals surface area contributed by atoms with Gasteiger partial charge in [-0.3, -0.25) is 4.79 Å². The van der Waals surface area contributed by atoms with Crippen LogP contribution in [0.25, 0.3) is 22.3 Å². The van der Waals surface area contributed by atoms with Gasteiger partial charge in [0.25, 0.3) is 5.56 Å². The van der Waals surface area contributed by atoms with E-state index in [1.54, 1.807) is 6.92 Å². The molecule has 0 radical (unpaired) electrons. The molecule has 3 aromatic rings. The number of benzene rings is 2. The molecule has 0 aliphatic heterocycles. The van der Waals surface area contributed by atoms with Gasteiger partial charge in [-0.2, -0.15) is 5.26 Å². The molecular weight excluding hydrogens is 308 g/mol. The number of nitrogens with one attached hydrogen (secondary N) is 1. The van der Waals surface area contributed by atoms with Crippen molar-refractivity contribution in [2.45, 2.75) is 6.92 Å². The lowest BCUT2D eigenvalue weighted by molar-refractivity contribution is 1.13. The summed E-state index contributed by atoms with van der Waals surface area (Å²) < 4.78 is 0. The highest BCUT2D eigenvalue weighted by molar-refractivity contribution is 6.33. The number of nitrogens with zero attached hydrogens (tertiary/aromatic N) is 1. The van der Waals surface area contributed by atoms with Gasteiger partial charge in [-0.15, -0.1) is 0 Å². The molecule has 0 aliphatic carbocycles. The number of rotatable bonds is 2. The fourth-order valence-corrected chi connectivity index (χ4v) is 2.80. The molecule has 0 atom stereocenters. The maximum atomic E-state index is 11.9. The molecule has 1 N–H and O–H groups in total. The SMILES string of the molecule is Cc1cc(-c2ccc(-c3ccccc3Cl)cc2)c(C#N)c(=O)[nH]1. The lowest BCUT2D eigenvalue weighted by Crippen LogP contribution is -2.12. The van der Waals surface area contributed by atoms with Crippen LogP contribution in [0.4, 0.5) is 0 Å². The summed E-state index contributed by atoms with van der Waals surface area (Å²) in [6.45, 7) is 1.80. The molecule has 3 nitrogen and oxygen atoms in total.